The van der Waals surface area contributed by atoms with Gasteiger partial charge >= 0.3 is 0 Å². The third-order valence-electron chi connectivity index (χ3n) is 5.30. The molecular formula is C26H28N2O2. The third kappa shape index (κ3) is 4.95. The number of hydrogen-bond donors (Lipinski definition) is 1. The largest absolute Gasteiger partial charge is 0.330 e. The third-order valence-corrected chi connectivity index (χ3v) is 5.30. The average Bonchev–Trinajstić information content (AvgIpc) is 2.77. The van der Waals surface area contributed by atoms with Gasteiger partial charge in [-0.1, -0.05) is 78.4 Å². The SMILES string of the molecule is CCN(C(=O)C(c1ccccc1)c1ccccc1)[C@@H](C)C(=O)Nc1ccc(C)cc1. The first-order valence-electron chi connectivity index (χ1n) is 10.3. The lowest BCUT2D eigenvalue weighted by atomic mass is 9.89. The Morgan fingerprint density at radius 1 is 0.833 bits per heavy atom. The number of anilines is 1. The van der Waals surface area contributed by atoms with Crippen molar-refractivity contribution in [2.24, 2.45) is 0 Å². The first-order valence-corrected chi connectivity index (χ1v) is 10.3. The molecule has 2 amide bonds. The molecule has 3 aromatic carbocycles. The van der Waals surface area contributed by atoms with Crippen LogP contribution in [-0.2, 0) is 9.59 Å². The highest BCUT2D eigenvalue weighted by Gasteiger charge is 2.32. The van der Waals surface area contributed by atoms with Gasteiger partial charge in [0.1, 0.15) is 6.04 Å². The molecule has 4 nitrogen and oxygen atoms in total. The number of carbonyl (C=O) groups is 2. The number of benzene rings is 3. The van der Waals surface area contributed by atoms with Crippen molar-refractivity contribution in [3.8, 4) is 0 Å². The van der Waals surface area contributed by atoms with Crippen molar-refractivity contribution in [1.29, 1.82) is 0 Å². The van der Waals surface area contributed by atoms with Crippen LogP contribution in [0.2, 0.25) is 0 Å². The first-order chi connectivity index (χ1) is 14.5. The van der Waals surface area contributed by atoms with Gasteiger partial charge in [0.15, 0.2) is 0 Å². The molecule has 0 unspecified atom stereocenters. The van der Waals surface area contributed by atoms with Gasteiger partial charge in [0.2, 0.25) is 11.8 Å². The second-order valence-corrected chi connectivity index (χ2v) is 7.41. The lowest BCUT2D eigenvalue weighted by Crippen LogP contribution is -2.47. The van der Waals surface area contributed by atoms with Crippen LogP contribution in [0.4, 0.5) is 5.69 Å². The molecule has 0 spiro atoms. The van der Waals surface area contributed by atoms with Crippen molar-refractivity contribution in [3.05, 3.63) is 102 Å². The molecule has 0 heterocycles. The van der Waals surface area contributed by atoms with Crippen molar-refractivity contribution in [3.63, 3.8) is 0 Å². The normalized spacial score (nSPS) is 11.7. The Kier molecular flexibility index (Phi) is 7.02. The fourth-order valence-electron chi connectivity index (χ4n) is 3.58. The molecule has 154 valence electrons. The van der Waals surface area contributed by atoms with Gasteiger partial charge < -0.3 is 10.2 Å². The van der Waals surface area contributed by atoms with E-state index in [1.54, 1.807) is 11.8 Å². The van der Waals surface area contributed by atoms with E-state index in [0.29, 0.717) is 6.54 Å². The summed E-state index contributed by atoms with van der Waals surface area (Å²) in [6.45, 7) is 6.12. The van der Waals surface area contributed by atoms with Crippen LogP contribution in [0.3, 0.4) is 0 Å². The molecule has 1 N–H and O–H groups in total. The number of hydrogen-bond acceptors (Lipinski definition) is 2. The minimum Gasteiger partial charge on any atom is -0.330 e. The Morgan fingerprint density at radius 3 is 1.80 bits per heavy atom. The molecule has 0 saturated carbocycles. The highest BCUT2D eigenvalue weighted by atomic mass is 16.2. The predicted molar refractivity (Wildman–Crippen MR) is 121 cm³/mol. The van der Waals surface area contributed by atoms with Gasteiger partial charge in [-0.2, -0.15) is 0 Å². The van der Waals surface area contributed by atoms with Crippen LogP contribution >= 0.6 is 0 Å². The molecule has 0 aliphatic heterocycles. The molecule has 3 rings (SSSR count). The predicted octanol–water partition coefficient (Wildman–Crippen LogP) is 5.00. The van der Waals surface area contributed by atoms with Gasteiger partial charge in [-0.3, -0.25) is 9.59 Å². The summed E-state index contributed by atoms with van der Waals surface area (Å²) in [5.74, 6) is -0.739. The fourth-order valence-corrected chi connectivity index (χ4v) is 3.58. The molecule has 0 bridgehead atoms. The Hall–Kier alpha value is -3.40. The second-order valence-electron chi connectivity index (χ2n) is 7.41. The number of likely N-dealkylation sites (N-methyl/N-ethyl adjacent to an activating group) is 1. The Labute approximate surface area is 178 Å². The summed E-state index contributed by atoms with van der Waals surface area (Å²) in [5, 5.41) is 2.92. The van der Waals surface area contributed by atoms with Gasteiger partial charge in [0.25, 0.3) is 0 Å². The van der Waals surface area contributed by atoms with Crippen molar-refractivity contribution in [2.45, 2.75) is 32.7 Å². The maximum absolute atomic E-state index is 13.7. The number of nitrogens with zero attached hydrogens (tertiary/aromatic N) is 1. The van der Waals surface area contributed by atoms with Crippen molar-refractivity contribution >= 4 is 17.5 Å². The monoisotopic (exact) mass is 400 g/mol. The molecule has 0 aromatic heterocycles. The van der Waals surface area contributed by atoms with Crippen LogP contribution in [-0.4, -0.2) is 29.3 Å². The van der Waals surface area contributed by atoms with Gasteiger partial charge in [0.05, 0.1) is 5.92 Å². The van der Waals surface area contributed by atoms with Crippen LogP contribution in [0.1, 0.15) is 36.5 Å². The summed E-state index contributed by atoms with van der Waals surface area (Å²) < 4.78 is 0. The van der Waals surface area contributed by atoms with E-state index in [9.17, 15) is 9.59 Å². The quantitative estimate of drug-likeness (QED) is 0.607. The van der Waals surface area contributed by atoms with Crippen LogP contribution < -0.4 is 5.32 Å². The van der Waals surface area contributed by atoms with Crippen LogP contribution in [0, 0.1) is 6.92 Å². The van der Waals surface area contributed by atoms with E-state index in [1.807, 2.05) is 98.8 Å². The van der Waals surface area contributed by atoms with E-state index in [1.165, 1.54) is 0 Å². The van der Waals surface area contributed by atoms with E-state index in [4.69, 9.17) is 0 Å². The Morgan fingerprint density at radius 2 is 1.33 bits per heavy atom. The summed E-state index contributed by atoms with van der Waals surface area (Å²) in [4.78, 5) is 28.2. The highest BCUT2D eigenvalue weighted by Crippen LogP contribution is 2.27. The summed E-state index contributed by atoms with van der Waals surface area (Å²) in [7, 11) is 0. The zero-order valence-electron chi connectivity index (χ0n) is 17.7. The molecule has 4 heteroatoms. The highest BCUT2D eigenvalue weighted by molar-refractivity contribution is 5.98. The lowest BCUT2D eigenvalue weighted by molar-refractivity contribution is -0.138. The minimum absolute atomic E-state index is 0.0820. The lowest BCUT2D eigenvalue weighted by Gasteiger charge is -2.31. The van der Waals surface area contributed by atoms with Crippen molar-refractivity contribution < 1.29 is 9.59 Å². The zero-order valence-corrected chi connectivity index (χ0v) is 17.7. The topological polar surface area (TPSA) is 49.4 Å². The van der Waals surface area contributed by atoms with Crippen LogP contribution in [0.25, 0.3) is 0 Å². The summed E-state index contributed by atoms with van der Waals surface area (Å²) >= 11 is 0. The maximum Gasteiger partial charge on any atom is 0.246 e. The number of amides is 2. The van der Waals surface area contributed by atoms with E-state index >= 15 is 0 Å². The number of aryl methyl sites for hydroxylation is 1. The standard InChI is InChI=1S/C26H28N2O2/c1-4-28(20(3)25(29)27-23-17-15-19(2)16-18-23)26(30)24(21-11-7-5-8-12-21)22-13-9-6-10-14-22/h5-18,20,24H,4H2,1-3H3,(H,27,29)/t20-/m0/s1. The molecule has 0 radical (unpaired) electrons. The summed E-state index contributed by atoms with van der Waals surface area (Å²) in [6.07, 6.45) is 0. The number of nitrogens with one attached hydrogen (secondary N) is 1. The van der Waals surface area contributed by atoms with Crippen LogP contribution in [0.5, 0.6) is 0 Å². The maximum atomic E-state index is 13.7. The van der Waals surface area contributed by atoms with Crippen molar-refractivity contribution in [1.82, 2.24) is 4.90 Å². The summed E-state index contributed by atoms with van der Waals surface area (Å²) in [6, 6.07) is 26.5. The molecular weight excluding hydrogens is 372 g/mol. The molecule has 3 aromatic rings. The average molecular weight is 401 g/mol. The smallest absolute Gasteiger partial charge is 0.246 e. The number of rotatable bonds is 7. The molecule has 0 saturated heterocycles. The first kappa shape index (κ1) is 21.3. The van der Waals surface area contributed by atoms with Gasteiger partial charge in [-0.05, 0) is 44.0 Å². The fraction of sp³-hybridized carbons (Fsp3) is 0.231. The second kappa shape index (κ2) is 9.88. The zero-order chi connectivity index (χ0) is 21.5. The van der Waals surface area contributed by atoms with Crippen molar-refractivity contribution in [2.75, 3.05) is 11.9 Å². The van der Waals surface area contributed by atoms with E-state index in [0.717, 1.165) is 22.4 Å². The van der Waals surface area contributed by atoms with E-state index < -0.39 is 12.0 Å². The van der Waals surface area contributed by atoms with E-state index in [-0.39, 0.29) is 11.8 Å². The molecule has 1 atom stereocenters. The van der Waals surface area contributed by atoms with Gasteiger partial charge in [0, 0.05) is 12.2 Å². The van der Waals surface area contributed by atoms with Crippen LogP contribution in [0.15, 0.2) is 84.9 Å². The Bertz CT molecular complexity index is 929. The molecule has 0 fully saturated rings. The van der Waals surface area contributed by atoms with Gasteiger partial charge in [-0.25, -0.2) is 0 Å². The Balaban J connectivity index is 1.86. The van der Waals surface area contributed by atoms with E-state index in [2.05, 4.69) is 5.32 Å². The minimum atomic E-state index is -0.598. The van der Waals surface area contributed by atoms with Gasteiger partial charge in [-0.15, -0.1) is 0 Å². The molecule has 0 aliphatic rings. The molecule has 30 heavy (non-hydrogen) atoms. The molecule has 0 aliphatic carbocycles. The number of carbonyl (C=O) groups excluding carboxylic acids is 2. The summed E-state index contributed by atoms with van der Waals surface area (Å²) in [5.41, 5.74) is 3.68.